The standard InChI is InChI=1S/C18H17F3N2O/c1-4-17(24)22-14-9-8-12(2)16(11-14)23(3)15-7-5-6-13(10-15)18(19,20)21/h4-11H,1H2,2-3H3,(H,22,24). The van der Waals surface area contributed by atoms with E-state index in [9.17, 15) is 18.0 Å². The molecule has 126 valence electrons. The zero-order valence-electron chi connectivity index (χ0n) is 13.3. The molecule has 0 heterocycles. The van der Waals surface area contributed by atoms with Crippen molar-refractivity contribution in [2.45, 2.75) is 13.1 Å². The lowest BCUT2D eigenvalue weighted by Crippen LogP contribution is -2.14. The Kier molecular flexibility index (Phi) is 4.97. The number of rotatable bonds is 4. The largest absolute Gasteiger partial charge is 0.416 e. The van der Waals surface area contributed by atoms with Crippen LogP contribution in [0.4, 0.5) is 30.2 Å². The zero-order chi connectivity index (χ0) is 17.9. The van der Waals surface area contributed by atoms with Gasteiger partial charge in [0.2, 0.25) is 5.91 Å². The number of benzene rings is 2. The fourth-order valence-electron chi connectivity index (χ4n) is 2.27. The van der Waals surface area contributed by atoms with Crippen LogP contribution in [0.1, 0.15) is 11.1 Å². The molecule has 24 heavy (non-hydrogen) atoms. The molecule has 2 rings (SSSR count). The van der Waals surface area contributed by atoms with Gasteiger partial charge in [-0.25, -0.2) is 0 Å². The minimum atomic E-state index is -4.40. The van der Waals surface area contributed by atoms with E-state index in [4.69, 9.17) is 0 Å². The van der Waals surface area contributed by atoms with E-state index in [0.29, 0.717) is 17.1 Å². The Morgan fingerprint density at radius 1 is 1.21 bits per heavy atom. The number of carbonyl (C=O) groups excluding carboxylic acids is 1. The third-order valence-corrected chi connectivity index (χ3v) is 3.58. The van der Waals surface area contributed by atoms with Crippen LogP contribution < -0.4 is 10.2 Å². The smallest absolute Gasteiger partial charge is 0.344 e. The van der Waals surface area contributed by atoms with Crippen molar-refractivity contribution in [2.75, 3.05) is 17.3 Å². The van der Waals surface area contributed by atoms with Crippen molar-refractivity contribution in [3.05, 3.63) is 66.2 Å². The lowest BCUT2D eigenvalue weighted by atomic mass is 10.1. The van der Waals surface area contributed by atoms with Crippen LogP contribution in [-0.4, -0.2) is 13.0 Å². The van der Waals surface area contributed by atoms with E-state index in [2.05, 4.69) is 11.9 Å². The molecule has 0 aliphatic heterocycles. The first kappa shape index (κ1) is 17.6. The molecule has 2 aromatic rings. The molecule has 0 bridgehead atoms. The number of halogens is 3. The van der Waals surface area contributed by atoms with E-state index >= 15 is 0 Å². The Balaban J connectivity index is 2.39. The average molecular weight is 334 g/mol. The molecule has 0 aliphatic rings. The summed E-state index contributed by atoms with van der Waals surface area (Å²) in [6, 6.07) is 10.3. The predicted molar refractivity (Wildman–Crippen MR) is 89.5 cm³/mol. The molecule has 0 aromatic heterocycles. The Bertz CT molecular complexity index is 769. The van der Waals surface area contributed by atoms with Gasteiger partial charge in [-0.05, 0) is 48.9 Å². The third-order valence-electron chi connectivity index (χ3n) is 3.58. The van der Waals surface area contributed by atoms with Gasteiger partial charge in [0.15, 0.2) is 0 Å². The maximum Gasteiger partial charge on any atom is 0.416 e. The first-order valence-corrected chi connectivity index (χ1v) is 7.17. The van der Waals surface area contributed by atoms with Gasteiger partial charge in [0, 0.05) is 24.1 Å². The van der Waals surface area contributed by atoms with Gasteiger partial charge in [0.25, 0.3) is 0 Å². The van der Waals surface area contributed by atoms with Crippen LogP contribution in [0, 0.1) is 6.92 Å². The number of nitrogens with zero attached hydrogens (tertiary/aromatic N) is 1. The van der Waals surface area contributed by atoms with Crippen molar-refractivity contribution in [3.63, 3.8) is 0 Å². The van der Waals surface area contributed by atoms with Gasteiger partial charge in [0.05, 0.1) is 5.56 Å². The van der Waals surface area contributed by atoms with E-state index in [0.717, 1.165) is 23.8 Å². The molecule has 1 N–H and O–H groups in total. The summed E-state index contributed by atoms with van der Waals surface area (Å²) >= 11 is 0. The molecule has 0 fully saturated rings. The van der Waals surface area contributed by atoms with Gasteiger partial charge in [0.1, 0.15) is 0 Å². The highest BCUT2D eigenvalue weighted by atomic mass is 19.4. The number of anilines is 3. The topological polar surface area (TPSA) is 32.3 Å². The second-order valence-electron chi connectivity index (χ2n) is 5.30. The molecular formula is C18H17F3N2O. The fourth-order valence-corrected chi connectivity index (χ4v) is 2.27. The van der Waals surface area contributed by atoms with Gasteiger partial charge in [-0.1, -0.05) is 18.7 Å². The van der Waals surface area contributed by atoms with E-state index < -0.39 is 11.7 Å². The average Bonchev–Trinajstić information content (AvgIpc) is 2.55. The molecule has 0 saturated carbocycles. The molecule has 1 amide bonds. The molecule has 0 radical (unpaired) electrons. The summed E-state index contributed by atoms with van der Waals surface area (Å²) in [6.45, 7) is 5.23. The van der Waals surface area contributed by atoms with Crippen molar-refractivity contribution in [1.82, 2.24) is 0 Å². The van der Waals surface area contributed by atoms with Gasteiger partial charge < -0.3 is 10.2 Å². The first-order chi connectivity index (χ1) is 11.2. The van der Waals surface area contributed by atoms with Crippen LogP contribution in [0.25, 0.3) is 0 Å². The minimum absolute atomic E-state index is 0.355. The molecule has 0 atom stereocenters. The maximum atomic E-state index is 12.9. The van der Waals surface area contributed by atoms with E-state index in [1.165, 1.54) is 6.07 Å². The molecule has 6 heteroatoms. The SMILES string of the molecule is C=CC(=O)Nc1ccc(C)c(N(C)c2cccc(C(F)(F)F)c2)c1. The summed E-state index contributed by atoms with van der Waals surface area (Å²) in [6.07, 6.45) is -3.25. The molecular weight excluding hydrogens is 317 g/mol. The van der Waals surface area contributed by atoms with Crippen LogP contribution in [0.15, 0.2) is 55.1 Å². The Labute approximate surface area is 138 Å². The Morgan fingerprint density at radius 3 is 2.54 bits per heavy atom. The van der Waals surface area contributed by atoms with Crippen LogP contribution in [-0.2, 0) is 11.0 Å². The molecule has 0 unspecified atom stereocenters. The number of aryl methyl sites for hydroxylation is 1. The Hall–Kier alpha value is -2.76. The van der Waals surface area contributed by atoms with Crippen molar-refractivity contribution in [1.29, 1.82) is 0 Å². The highest BCUT2D eigenvalue weighted by Gasteiger charge is 2.30. The zero-order valence-corrected chi connectivity index (χ0v) is 13.3. The lowest BCUT2D eigenvalue weighted by molar-refractivity contribution is -0.137. The van der Waals surface area contributed by atoms with Crippen molar-refractivity contribution < 1.29 is 18.0 Å². The van der Waals surface area contributed by atoms with Crippen LogP contribution in [0.2, 0.25) is 0 Å². The molecule has 2 aromatic carbocycles. The quantitative estimate of drug-likeness (QED) is 0.806. The maximum absolute atomic E-state index is 12.9. The fraction of sp³-hybridized carbons (Fsp3) is 0.167. The van der Waals surface area contributed by atoms with Crippen LogP contribution >= 0.6 is 0 Å². The highest BCUT2D eigenvalue weighted by molar-refractivity contribution is 5.99. The molecule has 0 spiro atoms. The monoisotopic (exact) mass is 334 g/mol. The number of alkyl halides is 3. The molecule has 0 saturated heterocycles. The normalized spacial score (nSPS) is 11.0. The van der Waals surface area contributed by atoms with Crippen molar-refractivity contribution in [3.8, 4) is 0 Å². The number of nitrogens with one attached hydrogen (secondary N) is 1. The first-order valence-electron chi connectivity index (χ1n) is 7.17. The second-order valence-corrected chi connectivity index (χ2v) is 5.30. The van der Waals surface area contributed by atoms with Crippen LogP contribution in [0.5, 0.6) is 0 Å². The number of carbonyl (C=O) groups is 1. The predicted octanol–water partition coefficient (Wildman–Crippen LogP) is 4.91. The lowest BCUT2D eigenvalue weighted by Gasteiger charge is -2.23. The summed E-state index contributed by atoms with van der Waals surface area (Å²) in [5.41, 5.74) is 1.79. The molecule has 0 aliphatic carbocycles. The summed E-state index contributed by atoms with van der Waals surface area (Å²) in [5, 5.41) is 2.64. The van der Waals surface area contributed by atoms with Gasteiger partial charge in [-0.2, -0.15) is 13.2 Å². The van der Waals surface area contributed by atoms with Crippen LogP contribution in [0.3, 0.4) is 0 Å². The van der Waals surface area contributed by atoms with Crippen molar-refractivity contribution >= 4 is 23.0 Å². The van der Waals surface area contributed by atoms with E-state index in [1.54, 1.807) is 36.2 Å². The molecule has 3 nitrogen and oxygen atoms in total. The van der Waals surface area contributed by atoms with E-state index in [1.807, 2.05) is 6.92 Å². The third kappa shape index (κ3) is 3.95. The summed E-state index contributed by atoms with van der Waals surface area (Å²) in [5.74, 6) is -0.355. The number of amides is 1. The number of hydrogen-bond acceptors (Lipinski definition) is 2. The minimum Gasteiger partial charge on any atom is -0.344 e. The van der Waals surface area contributed by atoms with Gasteiger partial charge in [-0.15, -0.1) is 0 Å². The van der Waals surface area contributed by atoms with Gasteiger partial charge in [-0.3, -0.25) is 4.79 Å². The number of hydrogen-bond donors (Lipinski definition) is 1. The summed E-state index contributed by atoms with van der Waals surface area (Å²) in [7, 11) is 1.68. The second kappa shape index (κ2) is 6.78. The highest BCUT2D eigenvalue weighted by Crippen LogP contribution is 2.34. The Morgan fingerprint density at radius 2 is 1.92 bits per heavy atom. The van der Waals surface area contributed by atoms with Gasteiger partial charge >= 0.3 is 6.18 Å². The summed E-state index contributed by atoms with van der Waals surface area (Å²) < 4.78 is 38.7. The van der Waals surface area contributed by atoms with Crippen molar-refractivity contribution in [2.24, 2.45) is 0 Å². The summed E-state index contributed by atoms with van der Waals surface area (Å²) in [4.78, 5) is 13.1. The van der Waals surface area contributed by atoms with E-state index in [-0.39, 0.29) is 5.91 Å².